The summed E-state index contributed by atoms with van der Waals surface area (Å²) < 4.78 is 0.381. The Morgan fingerprint density at radius 3 is 2.68 bits per heavy atom. The summed E-state index contributed by atoms with van der Waals surface area (Å²) in [4.78, 5) is 26.2. The van der Waals surface area contributed by atoms with Gasteiger partial charge >= 0.3 is 0 Å². The Balaban J connectivity index is 2.30. The first kappa shape index (κ1) is 13.2. The Kier molecular flexibility index (Phi) is 3.86. The fourth-order valence-corrected chi connectivity index (χ4v) is 1.91. The number of rotatable bonds is 3. The lowest BCUT2D eigenvalue weighted by atomic mass is 10.2. The summed E-state index contributed by atoms with van der Waals surface area (Å²) >= 11 is 3.15. The molecule has 0 saturated heterocycles. The van der Waals surface area contributed by atoms with Gasteiger partial charge in [-0.2, -0.15) is 0 Å². The molecule has 1 N–H and O–H groups in total. The zero-order valence-electron chi connectivity index (χ0n) is 9.54. The van der Waals surface area contributed by atoms with Crippen LogP contribution in [0.3, 0.4) is 0 Å². The number of nitrogens with one attached hydrogen (secondary N) is 1. The monoisotopic (exact) mass is 321 g/mol. The molecule has 0 bridgehead atoms. The molecule has 19 heavy (non-hydrogen) atoms. The second-order valence-corrected chi connectivity index (χ2v) is 4.32. The van der Waals surface area contributed by atoms with E-state index >= 15 is 0 Å². The smallest absolute Gasteiger partial charge is 0.292 e. The molecule has 0 aliphatic carbocycles. The van der Waals surface area contributed by atoms with Crippen molar-refractivity contribution in [2.24, 2.45) is 0 Å². The molecule has 0 aliphatic rings. The number of benzene rings is 1. The van der Waals surface area contributed by atoms with Crippen LogP contribution >= 0.6 is 15.9 Å². The van der Waals surface area contributed by atoms with Crippen molar-refractivity contribution in [1.82, 2.24) is 4.98 Å². The van der Waals surface area contributed by atoms with Gasteiger partial charge in [-0.1, -0.05) is 12.1 Å². The normalized spacial score (nSPS) is 9.95. The zero-order chi connectivity index (χ0) is 13.8. The second-order valence-electron chi connectivity index (χ2n) is 3.57. The van der Waals surface area contributed by atoms with Crippen molar-refractivity contribution in [3.63, 3.8) is 0 Å². The summed E-state index contributed by atoms with van der Waals surface area (Å²) in [5, 5.41) is 13.3. The van der Waals surface area contributed by atoms with E-state index in [1.165, 1.54) is 24.4 Å². The highest BCUT2D eigenvalue weighted by Gasteiger charge is 2.17. The molecule has 2 rings (SSSR count). The van der Waals surface area contributed by atoms with Crippen LogP contribution in [-0.2, 0) is 0 Å². The first-order valence-electron chi connectivity index (χ1n) is 5.25. The van der Waals surface area contributed by atoms with Crippen LogP contribution in [0.2, 0.25) is 0 Å². The number of anilines is 1. The minimum atomic E-state index is -0.548. The van der Waals surface area contributed by atoms with Crippen LogP contribution < -0.4 is 5.32 Å². The van der Waals surface area contributed by atoms with Gasteiger partial charge in [-0.15, -0.1) is 0 Å². The van der Waals surface area contributed by atoms with Gasteiger partial charge in [-0.3, -0.25) is 14.9 Å². The van der Waals surface area contributed by atoms with E-state index in [1.807, 2.05) is 0 Å². The largest absolute Gasteiger partial charge is 0.316 e. The van der Waals surface area contributed by atoms with Gasteiger partial charge in [0.25, 0.3) is 11.6 Å². The molecule has 0 unspecified atom stereocenters. The van der Waals surface area contributed by atoms with Crippen LogP contribution in [0.4, 0.5) is 11.4 Å². The number of nitrogens with zero attached hydrogens (tertiary/aromatic N) is 2. The summed E-state index contributed by atoms with van der Waals surface area (Å²) in [5.74, 6) is -0.464. The highest BCUT2D eigenvalue weighted by Crippen LogP contribution is 2.24. The number of hydrogen-bond acceptors (Lipinski definition) is 4. The lowest BCUT2D eigenvalue weighted by molar-refractivity contribution is -0.383. The molecular formula is C12H8BrN3O3. The van der Waals surface area contributed by atoms with Crippen molar-refractivity contribution < 1.29 is 9.72 Å². The van der Waals surface area contributed by atoms with E-state index < -0.39 is 10.8 Å². The number of pyridine rings is 1. The fourth-order valence-electron chi connectivity index (χ4n) is 1.48. The zero-order valence-corrected chi connectivity index (χ0v) is 11.1. The average molecular weight is 322 g/mol. The molecule has 0 aliphatic heterocycles. The lowest BCUT2D eigenvalue weighted by Crippen LogP contribution is -2.14. The first-order valence-corrected chi connectivity index (χ1v) is 6.04. The second kappa shape index (κ2) is 5.57. The van der Waals surface area contributed by atoms with E-state index in [-0.39, 0.29) is 11.4 Å². The molecule has 2 aromatic rings. The molecule has 0 saturated carbocycles. The molecular weight excluding hydrogens is 314 g/mol. The molecule has 0 atom stereocenters. The third-order valence-electron chi connectivity index (χ3n) is 2.35. The lowest BCUT2D eigenvalue weighted by Gasteiger charge is -2.06. The summed E-state index contributed by atoms with van der Waals surface area (Å²) in [6.45, 7) is 0. The Morgan fingerprint density at radius 1 is 1.26 bits per heavy atom. The average Bonchev–Trinajstić information content (AvgIpc) is 2.39. The third kappa shape index (κ3) is 2.94. The summed E-state index contributed by atoms with van der Waals surface area (Å²) in [7, 11) is 0. The minimum absolute atomic E-state index is 0.147. The van der Waals surface area contributed by atoms with Crippen molar-refractivity contribution in [2.75, 3.05) is 5.32 Å². The number of nitro groups is 1. The van der Waals surface area contributed by atoms with E-state index in [4.69, 9.17) is 0 Å². The van der Waals surface area contributed by atoms with Gasteiger partial charge in [0, 0.05) is 12.3 Å². The SMILES string of the molecule is O=C(Nc1ccccc1[N+](=O)[O-])c1cccnc1Br. The van der Waals surface area contributed by atoms with Crippen molar-refractivity contribution in [1.29, 1.82) is 0 Å². The van der Waals surface area contributed by atoms with Crippen molar-refractivity contribution in [3.05, 3.63) is 62.9 Å². The fraction of sp³-hybridized carbons (Fsp3) is 0. The van der Waals surface area contributed by atoms with Gasteiger partial charge in [0.2, 0.25) is 0 Å². The Hall–Kier alpha value is -2.28. The molecule has 0 radical (unpaired) electrons. The molecule has 0 spiro atoms. The topological polar surface area (TPSA) is 85.1 Å². The Labute approximate surface area is 116 Å². The number of para-hydroxylation sites is 2. The molecule has 96 valence electrons. The molecule has 0 fully saturated rings. The Morgan fingerprint density at radius 2 is 2.00 bits per heavy atom. The van der Waals surface area contributed by atoms with Crippen molar-refractivity contribution in [2.45, 2.75) is 0 Å². The van der Waals surface area contributed by atoms with Gasteiger partial charge in [0.05, 0.1) is 10.5 Å². The van der Waals surface area contributed by atoms with Crippen LogP contribution in [0.1, 0.15) is 10.4 Å². The maximum Gasteiger partial charge on any atom is 0.292 e. The van der Waals surface area contributed by atoms with E-state index in [9.17, 15) is 14.9 Å². The van der Waals surface area contributed by atoms with E-state index in [0.717, 1.165) is 0 Å². The van der Waals surface area contributed by atoms with Gasteiger partial charge in [-0.25, -0.2) is 4.98 Å². The van der Waals surface area contributed by atoms with Crippen molar-refractivity contribution >= 4 is 33.2 Å². The van der Waals surface area contributed by atoms with Crippen LogP contribution in [0.15, 0.2) is 47.2 Å². The summed E-state index contributed by atoms with van der Waals surface area (Å²) in [6.07, 6.45) is 1.53. The van der Waals surface area contributed by atoms with E-state index in [0.29, 0.717) is 10.2 Å². The Bertz CT molecular complexity index is 646. The summed E-state index contributed by atoms with van der Waals surface area (Å²) in [5.41, 5.74) is 0.296. The predicted octanol–water partition coefficient (Wildman–Crippen LogP) is 3.00. The molecule has 1 aromatic heterocycles. The van der Waals surface area contributed by atoms with Crippen LogP contribution in [0.25, 0.3) is 0 Å². The number of carbonyl (C=O) groups is 1. The molecule has 6 nitrogen and oxygen atoms in total. The van der Waals surface area contributed by atoms with Gasteiger partial charge in [0.1, 0.15) is 10.3 Å². The quantitative estimate of drug-likeness (QED) is 0.535. The van der Waals surface area contributed by atoms with Gasteiger partial charge in [-0.05, 0) is 34.1 Å². The maximum absolute atomic E-state index is 12.0. The molecule has 7 heteroatoms. The van der Waals surface area contributed by atoms with Gasteiger partial charge in [0.15, 0.2) is 0 Å². The van der Waals surface area contributed by atoms with Crippen molar-refractivity contribution in [3.8, 4) is 0 Å². The highest BCUT2D eigenvalue weighted by molar-refractivity contribution is 9.10. The van der Waals surface area contributed by atoms with Crippen LogP contribution in [0.5, 0.6) is 0 Å². The van der Waals surface area contributed by atoms with Crippen LogP contribution in [-0.4, -0.2) is 15.8 Å². The number of carbonyl (C=O) groups excluding carboxylic acids is 1. The van der Waals surface area contributed by atoms with Crippen LogP contribution in [0, 0.1) is 10.1 Å². The number of aromatic nitrogens is 1. The highest BCUT2D eigenvalue weighted by atomic mass is 79.9. The number of hydrogen-bond donors (Lipinski definition) is 1. The van der Waals surface area contributed by atoms with E-state index in [2.05, 4.69) is 26.2 Å². The number of halogens is 1. The predicted molar refractivity (Wildman–Crippen MR) is 73.0 cm³/mol. The molecule has 1 aromatic carbocycles. The standard InChI is InChI=1S/C12H8BrN3O3/c13-11-8(4-3-7-14-11)12(17)15-9-5-1-2-6-10(9)16(18)19/h1-7H,(H,15,17). The number of nitro benzene ring substituents is 1. The third-order valence-corrected chi connectivity index (χ3v) is 2.98. The van der Waals surface area contributed by atoms with Gasteiger partial charge < -0.3 is 5.32 Å². The maximum atomic E-state index is 12.0. The molecule has 1 amide bonds. The molecule has 1 heterocycles. The van der Waals surface area contributed by atoms with E-state index in [1.54, 1.807) is 18.2 Å². The minimum Gasteiger partial charge on any atom is -0.316 e. The number of amides is 1. The summed E-state index contributed by atoms with van der Waals surface area (Å²) in [6, 6.07) is 9.13. The first-order chi connectivity index (χ1) is 9.09.